The first-order valence-electron chi connectivity index (χ1n) is 5.54. The van der Waals surface area contributed by atoms with Gasteiger partial charge < -0.3 is 10.0 Å². The summed E-state index contributed by atoms with van der Waals surface area (Å²) in [7, 11) is 0. The maximum Gasteiger partial charge on any atom is 0.331 e. The van der Waals surface area contributed by atoms with Gasteiger partial charge in [0.15, 0.2) is 0 Å². The standard InChI is InChI=1S/C12H21NO3/c1-6-7-13(8(2)3)11(14)9(4)10(5)12(15)16/h8H,6-7H2,1-5H3,(H,15,16). The number of rotatable bonds is 5. The van der Waals surface area contributed by atoms with E-state index >= 15 is 0 Å². The van der Waals surface area contributed by atoms with Gasteiger partial charge in [-0.15, -0.1) is 0 Å². The molecule has 0 radical (unpaired) electrons. The van der Waals surface area contributed by atoms with Crippen LogP contribution in [-0.4, -0.2) is 34.5 Å². The van der Waals surface area contributed by atoms with E-state index in [1.54, 1.807) is 11.8 Å². The van der Waals surface area contributed by atoms with Gasteiger partial charge in [0.25, 0.3) is 0 Å². The second kappa shape index (κ2) is 6.30. The molecule has 0 aromatic heterocycles. The normalized spacial score (nSPS) is 12.4. The second-order valence-corrected chi connectivity index (χ2v) is 4.15. The first kappa shape index (κ1) is 14.7. The van der Waals surface area contributed by atoms with Crippen LogP contribution in [0.15, 0.2) is 11.1 Å². The molecule has 0 atom stereocenters. The molecule has 0 aromatic rings. The highest BCUT2D eigenvalue weighted by atomic mass is 16.4. The minimum Gasteiger partial charge on any atom is -0.478 e. The molecule has 1 N–H and O–H groups in total. The Hall–Kier alpha value is -1.32. The largest absolute Gasteiger partial charge is 0.478 e. The van der Waals surface area contributed by atoms with Crippen molar-refractivity contribution >= 4 is 11.9 Å². The molecule has 92 valence electrons. The van der Waals surface area contributed by atoms with Crippen LogP contribution >= 0.6 is 0 Å². The number of carboxylic acid groups (broad SMARTS) is 1. The summed E-state index contributed by atoms with van der Waals surface area (Å²) in [5, 5.41) is 8.82. The Bertz CT molecular complexity index is 305. The van der Waals surface area contributed by atoms with Crippen molar-refractivity contribution < 1.29 is 14.7 Å². The zero-order valence-corrected chi connectivity index (χ0v) is 10.7. The molecule has 0 saturated carbocycles. The van der Waals surface area contributed by atoms with Gasteiger partial charge >= 0.3 is 5.97 Å². The van der Waals surface area contributed by atoms with Crippen molar-refractivity contribution in [2.45, 2.75) is 47.1 Å². The summed E-state index contributed by atoms with van der Waals surface area (Å²) in [6.45, 7) is 9.53. The lowest BCUT2D eigenvalue weighted by Gasteiger charge is -2.27. The quantitative estimate of drug-likeness (QED) is 0.731. The predicted molar refractivity (Wildman–Crippen MR) is 63.1 cm³/mol. The predicted octanol–water partition coefficient (Wildman–Crippen LogP) is 2.05. The number of nitrogens with zero attached hydrogens (tertiary/aromatic N) is 1. The van der Waals surface area contributed by atoms with Gasteiger partial charge in [0.1, 0.15) is 0 Å². The number of hydrogen-bond donors (Lipinski definition) is 1. The van der Waals surface area contributed by atoms with Gasteiger partial charge in [-0.3, -0.25) is 4.79 Å². The van der Waals surface area contributed by atoms with Crippen LogP contribution in [0.2, 0.25) is 0 Å². The van der Waals surface area contributed by atoms with Gasteiger partial charge in [-0.05, 0) is 34.1 Å². The zero-order chi connectivity index (χ0) is 12.9. The third kappa shape index (κ3) is 3.68. The molecule has 4 nitrogen and oxygen atoms in total. The molecule has 4 heteroatoms. The molecular weight excluding hydrogens is 206 g/mol. The highest BCUT2D eigenvalue weighted by Crippen LogP contribution is 2.11. The van der Waals surface area contributed by atoms with E-state index < -0.39 is 5.97 Å². The van der Waals surface area contributed by atoms with Crippen LogP contribution < -0.4 is 0 Å². The molecule has 0 fully saturated rings. The van der Waals surface area contributed by atoms with Gasteiger partial charge in [0.05, 0.1) is 0 Å². The van der Waals surface area contributed by atoms with E-state index in [1.807, 2.05) is 20.8 Å². The third-order valence-corrected chi connectivity index (χ3v) is 2.55. The fourth-order valence-corrected chi connectivity index (χ4v) is 1.37. The Balaban J connectivity index is 5.01. The topological polar surface area (TPSA) is 57.6 Å². The Kier molecular flexibility index (Phi) is 5.78. The molecule has 16 heavy (non-hydrogen) atoms. The van der Waals surface area contributed by atoms with E-state index in [4.69, 9.17) is 5.11 Å². The molecule has 0 aliphatic carbocycles. The zero-order valence-electron chi connectivity index (χ0n) is 10.7. The van der Waals surface area contributed by atoms with Gasteiger partial charge in [-0.1, -0.05) is 6.92 Å². The number of carboxylic acids is 1. The summed E-state index contributed by atoms with van der Waals surface area (Å²) in [6, 6.07) is 0.0870. The van der Waals surface area contributed by atoms with Gasteiger partial charge in [0.2, 0.25) is 5.91 Å². The molecule has 0 rings (SSSR count). The van der Waals surface area contributed by atoms with Crippen LogP contribution in [-0.2, 0) is 9.59 Å². The van der Waals surface area contributed by atoms with Crippen molar-refractivity contribution in [1.82, 2.24) is 4.90 Å². The van der Waals surface area contributed by atoms with Crippen molar-refractivity contribution in [3.05, 3.63) is 11.1 Å². The molecule has 0 aliphatic rings. The first-order valence-corrected chi connectivity index (χ1v) is 5.54. The Morgan fingerprint density at radius 1 is 1.19 bits per heavy atom. The molecule has 0 unspecified atom stereocenters. The fourth-order valence-electron chi connectivity index (χ4n) is 1.37. The van der Waals surface area contributed by atoms with Crippen molar-refractivity contribution in [2.24, 2.45) is 0 Å². The summed E-state index contributed by atoms with van der Waals surface area (Å²) in [5.74, 6) is -1.22. The molecule has 0 spiro atoms. The lowest BCUT2D eigenvalue weighted by atomic mass is 10.1. The van der Waals surface area contributed by atoms with Crippen molar-refractivity contribution in [3.63, 3.8) is 0 Å². The Morgan fingerprint density at radius 2 is 1.69 bits per heavy atom. The summed E-state index contributed by atoms with van der Waals surface area (Å²) in [4.78, 5) is 24.5. The smallest absolute Gasteiger partial charge is 0.331 e. The maximum absolute atomic E-state index is 12.0. The van der Waals surface area contributed by atoms with Gasteiger partial charge in [0, 0.05) is 23.7 Å². The van der Waals surface area contributed by atoms with Crippen LogP contribution in [0, 0.1) is 0 Å². The first-order chi connectivity index (χ1) is 7.32. The number of carbonyl (C=O) groups excluding carboxylic acids is 1. The van der Waals surface area contributed by atoms with E-state index in [1.165, 1.54) is 6.92 Å². The Morgan fingerprint density at radius 3 is 2.00 bits per heavy atom. The number of carbonyl (C=O) groups is 2. The molecule has 0 aliphatic heterocycles. The third-order valence-electron chi connectivity index (χ3n) is 2.55. The van der Waals surface area contributed by atoms with Gasteiger partial charge in [-0.2, -0.15) is 0 Å². The summed E-state index contributed by atoms with van der Waals surface area (Å²) >= 11 is 0. The average Bonchev–Trinajstić information content (AvgIpc) is 2.22. The van der Waals surface area contributed by atoms with Crippen LogP contribution in [0.5, 0.6) is 0 Å². The van der Waals surface area contributed by atoms with Crippen LogP contribution in [0.25, 0.3) is 0 Å². The lowest BCUT2D eigenvalue weighted by Crippen LogP contribution is -2.38. The highest BCUT2D eigenvalue weighted by Gasteiger charge is 2.20. The van der Waals surface area contributed by atoms with Gasteiger partial charge in [-0.25, -0.2) is 4.79 Å². The maximum atomic E-state index is 12.0. The summed E-state index contributed by atoms with van der Waals surface area (Å²) in [6.07, 6.45) is 0.864. The molecule has 0 aromatic carbocycles. The Labute approximate surface area is 96.9 Å². The van der Waals surface area contributed by atoms with Crippen LogP contribution in [0.1, 0.15) is 41.0 Å². The van der Waals surface area contributed by atoms with Crippen molar-refractivity contribution in [1.29, 1.82) is 0 Å². The van der Waals surface area contributed by atoms with E-state index in [9.17, 15) is 9.59 Å². The monoisotopic (exact) mass is 227 g/mol. The van der Waals surface area contributed by atoms with Crippen LogP contribution in [0.3, 0.4) is 0 Å². The van der Waals surface area contributed by atoms with Crippen molar-refractivity contribution in [3.8, 4) is 0 Å². The van der Waals surface area contributed by atoms with E-state index in [0.717, 1.165) is 6.42 Å². The second-order valence-electron chi connectivity index (χ2n) is 4.15. The minimum absolute atomic E-state index is 0.0870. The molecule has 0 saturated heterocycles. The van der Waals surface area contributed by atoms with E-state index in [-0.39, 0.29) is 17.5 Å². The minimum atomic E-state index is -1.04. The summed E-state index contributed by atoms with van der Waals surface area (Å²) < 4.78 is 0. The van der Waals surface area contributed by atoms with E-state index in [0.29, 0.717) is 12.1 Å². The average molecular weight is 227 g/mol. The molecule has 1 amide bonds. The van der Waals surface area contributed by atoms with Crippen molar-refractivity contribution in [2.75, 3.05) is 6.54 Å². The lowest BCUT2D eigenvalue weighted by molar-refractivity contribution is -0.134. The number of aliphatic carboxylic acids is 1. The molecular formula is C12H21NO3. The highest BCUT2D eigenvalue weighted by molar-refractivity contribution is 6.01. The SMILES string of the molecule is CCCN(C(=O)C(C)=C(C)C(=O)O)C(C)C. The van der Waals surface area contributed by atoms with E-state index in [2.05, 4.69) is 0 Å². The molecule has 0 bridgehead atoms. The summed E-state index contributed by atoms with van der Waals surface area (Å²) in [5.41, 5.74) is 0.432. The fraction of sp³-hybridized carbons (Fsp3) is 0.667. The number of hydrogen-bond acceptors (Lipinski definition) is 2. The number of amides is 1. The van der Waals surface area contributed by atoms with Crippen LogP contribution in [0.4, 0.5) is 0 Å². The molecule has 0 heterocycles.